The molecular weight excluding hydrogens is 488 g/mol. The highest BCUT2D eigenvalue weighted by atomic mass is 16.4. The number of carbonyl (C=O) groups is 2. The molecule has 2 bridgehead atoms. The van der Waals surface area contributed by atoms with Gasteiger partial charge in [-0.05, 0) is 125 Å². The van der Waals surface area contributed by atoms with E-state index in [9.17, 15) is 19.8 Å². The molecule has 4 N–H and O–H groups in total. The Labute approximate surface area is 235 Å². The van der Waals surface area contributed by atoms with Gasteiger partial charge in [0.05, 0.1) is 17.1 Å². The van der Waals surface area contributed by atoms with Crippen molar-refractivity contribution >= 4 is 17.6 Å². The number of benzene rings is 1. The number of fused-ring (bicyclic) bond motifs is 3. The fraction of sp³-hybridized carbons (Fsp3) is 0.697. The average molecular weight is 539 g/mol. The van der Waals surface area contributed by atoms with Gasteiger partial charge in [-0.3, -0.25) is 9.59 Å². The molecule has 0 aromatic heterocycles. The van der Waals surface area contributed by atoms with Gasteiger partial charge in [-0.2, -0.15) is 0 Å². The summed E-state index contributed by atoms with van der Waals surface area (Å²) in [5.41, 5.74) is 2.10. The van der Waals surface area contributed by atoms with E-state index < -0.39 is 17.0 Å². The predicted octanol–water partition coefficient (Wildman–Crippen LogP) is 6.48. The first kappa shape index (κ1) is 29.8. The Balaban J connectivity index is 0.000000195. The third-order valence-corrected chi connectivity index (χ3v) is 11.1. The minimum Gasteiger partial charge on any atom is -0.481 e. The minimum atomic E-state index is -0.634. The zero-order valence-electron chi connectivity index (χ0n) is 24.7. The van der Waals surface area contributed by atoms with E-state index in [1.54, 1.807) is 0 Å². The van der Waals surface area contributed by atoms with Crippen LogP contribution in [0.4, 0.5) is 5.69 Å². The lowest BCUT2D eigenvalue weighted by molar-refractivity contribution is -0.186. The standard InChI is InChI=1S/C20H30O3.C13H20N2O/c1-13-11-19-9-5-14-17(2,7-4-8-18(14,3)16(21)22)15(19)6-10-20(13,23)12-19;1-4-9-14-11(3)13(16)15-12-8-6-5-7-10(12)2/h14-15,23H,1,4-12H2,2-3H3,(H,21,22);5-8,11,14H,4,9H2,1-3H3,(H,15,16)/t14-,15-,17+,18+,19+,20-;/m0./s1. The summed E-state index contributed by atoms with van der Waals surface area (Å²) in [6.07, 6.45) is 9.78. The Bertz CT molecular complexity index is 1100. The molecule has 1 amide bonds. The van der Waals surface area contributed by atoms with Crippen LogP contribution in [0.2, 0.25) is 0 Å². The molecule has 1 unspecified atom stereocenters. The summed E-state index contributed by atoms with van der Waals surface area (Å²) in [4.78, 5) is 23.8. The predicted molar refractivity (Wildman–Crippen MR) is 156 cm³/mol. The molecule has 0 radical (unpaired) electrons. The van der Waals surface area contributed by atoms with Crippen molar-refractivity contribution in [3.63, 3.8) is 0 Å². The molecule has 1 aromatic carbocycles. The van der Waals surface area contributed by atoms with Gasteiger partial charge in [-0.1, -0.05) is 45.0 Å². The van der Waals surface area contributed by atoms with Crippen LogP contribution >= 0.6 is 0 Å². The zero-order valence-corrected chi connectivity index (χ0v) is 24.7. The maximum atomic E-state index is 12.0. The number of carboxylic acid groups (broad SMARTS) is 1. The van der Waals surface area contributed by atoms with Gasteiger partial charge < -0.3 is 20.8 Å². The smallest absolute Gasteiger partial charge is 0.309 e. The number of aliphatic carboxylic acids is 1. The lowest BCUT2D eigenvalue weighted by Crippen LogP contribution is -2.59. The van der Waals surface area contributed by atoms with Crippen molar-refractivity contribution < 1.29 is 19.8 Å². The first-order valence-corrected chi connectivity index (χ1v) is 15.1. The molecule has 1 aromatic rings. The van der Waals surface area contributed by atoms with Crippen LogP contribution in [0.25, 0.3) is 0 Å². The molecule has 4 fully saturated rings. The second kappa shape index (κ2) is 11.0. The van der Waals surface area contributed by atoms with Gasteiger partial charge in [-0.15, -0.1) is 0 Å². The van der Waals surface area contributed by atoms with E-state index in [0.717, 1.165) is 87.6 Å². The van der Waals surface area contributed by atoms with Gasteiger partial charge in [0.1, 0.15) is 0 Å². The van der Waals surface area contributed by atoms with E-state index in [-0.39, 0.29) is 28.7 Å². The number of rotatable bonds is 6. The van der Waals surface area contributed by atoms with E-state index in [4.69, 9.17) is 0 Å². The Morgan fingerprint density at radius 2 is 1.79 bits per heavy atom. The van der Waals surface area contributed by atoms with Crippen molar-refractivity contribution in [3.05, 3.63) is 42.0 Å². The van der Waals surface area contributed by atoms with Gasteiger partial charge in [-0.25, -0.2) is 0 Å². The molecular formula is C33H50N2O4. The molecule has 216 valence electrons. The monoisotopic (exact) mass is 538 g/mol. The summed E-state index contributed by atoms with van der Waals surface area (Å²) in [6, 6.07) is 7.63. The van der Waals surface area contributed by atoms with Gasteiger partial charge in [0.15, 0.2) is 0 Å². The second-order valence-electron chi connectivity index (χ2n) is 13.6. The fourth-order valence-electron chi connectivity index (χ4n) is 9.01. The molecule has 0 heterocycles. The Hall–Kier alpha value is -2.18. The van der Waals surface area contributed by atoms with E-state index in [0.29, 0.717) is 5.92 Å². The fourth-order valence-corrected chi connectivity index (χ4v) is 9.01. The summed E-state index contributed by atoms with van der Waals surface area (Å²) in [7, 11) is 0. The molecule has 4 aliphatic carbocycles. The normalized spacial score (nSPS) is 37.5. The Morgan fingerprint density at radius 3 is 2.46 bits per heavy atom. The lowest BCUT2D eigenvalue weighted by Gasteiger charge is -2.63. The topological polar surface area (TPSA) is 98.7 Å². The highest BCUT2D eigenvalue weighted by Crippen LogP contribution is 2.72. The minimum absolute atomic E-state index is 0.0164. The number of aryl methyl sites for hydroxylation is 1. The van der Waals surface area contributed by atoms with Crippen LogP contribution in [0.3, 0.4) is 0 Å². The van der Waals surface area contributed by atoms with Crippen molar-refractivity contribution in [3.8, 4) is 0 Å². The van der Waals surface area contributed by atoms with Gasteiger partial charge >= 0.3 is 5.97 Å². The van der Waals surface area contributed by atoms with E-state index in [1.807, 2.05) is 45.0 Å². The maximum Gasteiger partial charge on any atom is 0.309 e. The van der Waals surface area contributed by atoms with Gasteiger partial charge in [0.2, 0.25) is 5.91 Å². The van der Waals surface area contributed by atoms with E-state index in [1.165, 1.54) is 0 Å². The molecule has 0 aliphatic heterocycles. The number of hydrogen-bond donors (Lipinski definition) is 4. The number of carbonyl (C=O) groups excluding carboxylic acids is 1. The molecule has 5 rings (SSSR count). The molecule has 1 spiro atoms. The van der Waals surface area contributed by atoms with Gasteiger partial charge in [0, 0.05) is 5.69 Å². The second-order valence-corrected chi connectivity index (χ2v) is 13.6. The molecule has 6 nitrogen and oxygen atoms in total. The van der Waals surface area contributed by atoms with Crippen LogP contribution in [0.1, 0.15) is 97.5 Å². The van der Waals surface area contributed by atoms with Crippen LogP contribution in [0.5, 0.6) is 0 Å². The quantitative estimate of drug-likeness (QED) is 0.311. The molecule has 4 saturated carbocycles. The molecule has 0 saturated heterocycles. The van der Waals surface area contributed by atoms with Crippen molar-refractivity contribution in [1.29, 1.82) is 0 Å². The Morgan fingerprint density at radius 1 is 1.10 bits per heavy atom. The number of hydrogen-bond acceptors (Lipinski definition) is 4. The molecule has 7 atom stereocenters. The SMILES string of the molecule is C=C1C[C@@]23CC[C@H]4[C@@](C)(CCC[C@@]4(C)C(=O)O)[C@@H]2CC[C@]1(O)C3.CCCNC(C)C(=O)Nc1ccccc1C. The Kier molecular flexibility index (Phi) is 8.41. The summed E-state index contributed by atoms with van der Waals surface area (Å²) in [6.45, 7) is 15.4. The van der Waals surface area contributed by atoms with Crippen molar-refractivity contribution in [2.45, 2.75) is 110 Å². The molecule has 6 heteroatoms. The van der Waals surface area contributed by atoms with Crippen LogP contribution in [-0.2, 0) is 9.59 Å². The van der Waals surface area contributed by atoms with Crippen LogP contribution in [0, 0.1) is 35.0 Å². The summed E-state index contributed by atoms with van der Waals surface area (Å²) in [5, 5.41) is 26.9. The van der Waals surface area contributed by atoms with E-state index >= 15 is 0 Å². The number of nitrogens with one attached hydrogen (secondary N) is 2. The number of aliphatic hydroxyl groups is 1. The lowest BCUT2D eigenvalue weighted by atomic mass is 9.41. The third-order valence-electron chi connectivity index (χ3n) is 11.1. The highest BCUT2D eigenvalue weighted by molar-refractivity contribution is 5.95. The number of para-hydroxylation sites is 1. The van der Waals surface area contributed by atoms with Crippen molar-refractivity contribution in [2.24, 2.45) is 28.1 Å². The number of anilines is 1. The zero-order chi connectivity index (χ0) is 28.6. The van der Waals surface area contributed by atoms with Gasteiger partial charge in [0.25, 0.3) is 0 Å². The van der Waals surface area contributed by atoms with E-state index in [2.05, 4.69) is 31.1 Å². The van der Waals surface area contributed by atoms with Crippen LogP contribution in [-0.4, -0.2) is 40.3 Å². The average Bonchev–Trinajstić information content (AvgIpc) is 3.06. The number of amides is 1. The van der Waals surface area contributed by atoms with Crippen molar-refractivity contribution in [2.75, 3.05) is 11.9 Å². The molecule has 39 heavy (non-hydrogen) atoms. The van der Waals surface area contributed by atoms with Crippen LogP contribution in [0.15, 0.2) is 36.4 Å². The highest BCUT2D eigenvalue weighted by Gasteiger charge is 2.67. The summed E-state index contributed by atoms with van der Waals surface area (Å²) in [5.74, 6) is 0.236. The van der Waals surface area contributed by atoms with Crippen molar-refractivity contribution in [1.82, 2.24) is 5.32 Å². The first-order valence-electron chi connectivity index (χ1n) is 15.1. The summed E-state index contributed by atoms with van der Waals surface area (Å²) >= 11 is 0. The number of carboxylic acids is 1. The largest absolute Gasteiger partial charge is 0.481 e. The first-order chi connectivity index (χ1) is 18.3. The van der Waals surface area contributed by atoms with Crippen LogP contribution < -0.4 is 10.6 Å². The summed E-state index contributed by atoms with van der Waals surface area (Å²) < 4.78 is 0. The third kappa shape index (κ3) is 5.31. The maximum absolute atomic E-state index is 12.0. The molecule has 4 aliphatic rings.